The van der Waals surface area contributed by atoms with E-state index in [1.165, 1.54) is 125 Å². The second kappa shape index (κ2) is 46.9. The Bertz CT molecular complexity index is 6180. The summed E-state index contributed by atoms with van der Waals surface area (Å²) >= 11 is 0. The van der Waals surface area contributed by atoms with E-state index < -0.39 is 0 Å². The van der Waals surface area contributed by atoms with Gasteiger partial charge < -0.3 is 82.8 Å². The number of fused-ring (bicyclic) bond motifs is 4. The highest BCUT2D eigenvalue weighted by molar-refractivity contribution is 6.00. The number of aromatic nitrogens is 8. The Morgan fingerprint density at radius 2 is 0.616 bits per heavy atom. The minimum atomic E-state index is -0.0721. The number of nitrogens with zero attached hydrogens (tertiary/aromatic N) is 16. The van der Waals surface area contributed by atoms with Crippen LogP contribution in [0, 0.1) is 83.1 Å². The molecule has 138 heavy (non-hydrogen) atoms. The SMILES string of the molecule is CCN(c1cc(C)cc(C(=O)NCc2c(C)cc(C)n3ccnc23)c1C)C1CCC(N(C)C)CC1.CCN(c1cc(C)cc(C(=O)NCc2c(C)ccn3ccnc23)c1C)C1CCC(N(C)C)CC1.CCN(c1cc(C)cc(C(=O)NCc2c(OC)cc(C)n3ccnc23)c1C)C1CCC(N(C)C)CC1.CCN(c1cc(C)cc(C(=O)NCc2cccn3ccnc23)c1C)C1CCC(N(C)C)CC1. The van der Waals surface area contributed by atoms with Crippen LogP contribution in [0.4, 0.5) is 22.7 Å². The number of amides is 4. The number of nitrogens with one attached hydrogen (secondary N) is 4. The molecule has 0 radical (unpaired) electrons. The van der Waals surface area contributed by atoms with Crippen LogP contribution in [0.25, 0.3) is 22.6 Å². The van der Waals surface area contributed by atoms with Gasteiger partial charge in [0, 0.05) is 235 Å². The van der Waals surface area contributed by atoms with Gasteiger partial charge in [0.15, 0.2) is 0 Å². The normalized spacial score (nSPS) is 18.3. The molecule has 16 rings (SSSR count). The topological polar surface area (TPSA) is 221 Å². The zero-order valence-corrected chi connectivity index (χ0v) is 87.6. The first-order valence-corrected chi connectivity index (χ1v) is 50.7. The van der Waals surface area contributed by atoms with Gasteiger partial charge in [0.1, 0.15) is 28.3 Å². The fourth-order valence-electron chi connectivity index (χ4n) is 22.4. The molecule has 25 heteroatoms. The minimum absolute atomic E-state index is 0.0236. The van der Waals surface area contributed by atoms with Crippen molar-refractivity contribution in [1.29, 1.82) is 0 Å². The van der Waals surface area contributed by atoms with Gasteiger partial charge in [0.2, 0.25) is 0 Å². The highest BCUT2D eigenvalue weighted by atomic mass is 16.5. The lowest BCUT2D eigenvalue weighted by Crippen LogP contribution is -2.42. The van der Waals surface area contributed by atoms with Gasteiger partial charge in [0.25, 0.3) is 23.6 Å². The highest BCUT2D eigenvalue weighted by Gasteiger charge is 2.35. The lowest BCUT2D eigenvalue weighted by Gasteiger charge is -2.40. The smallest absolute Gasteiger partial charge is 0.251 e. The maximum Gasteiger partial charge on any atom is 0.251 e. The quantitative estimate of drug-likeness (QED) is 0.0342. The third-order valence-corrected chi connectivity index (χ3v) is 30.5. The highest BCUT2D eigenvalue weighted by Crippen LogP contribution is 2.40. The number of ether oxygens (including phenoxy) is 1. The average Bonchev–Trinajstić information content (AvgIpc) is 1.62. The van der Waals surface area contributed by atoms with Gasteiger partial charge in [0.05, 0.1) is 19.2 Å². The fraction of sp³-hybridized carbons (Fsp3) is 0.504. The molecule has 4 aliphatic carbocycles. The van der Waals surface area contributed by atoms with Crippen LogP contribution < -0.4 is 45.6 Å². The first-order valence-electron chi connectivity index (χ1n) is 50.7. The van der Waals surface area contributed by atoms with E-state index in [1.807, 2.05) is 106 Å². The second-order valence-corrected chi connectivity index (χ2v) is 40.3. The number of carbonyl (C=O) groups excluding carboxylic acids is 4. The lowest BCUT2D eigenvalue weighted by atomic mass is 9.88. The summed E-state index contributed by atoms with van der Waals surface area (Å²) in [6, 6.07) is 32.0. The van der Waals surface area contributed by atoms with E-state index in [2.05, 4.69) is 281 Å². The molecule has 4 fully saturated rings. The molecule has 8 heterocycles. The van der Waals surface area contributed by atoms with Gasteiger partial charge in [-0.3, -0.25) is 19.2 Å². The molecule has 4 amide bonds. The van der Waals surface area contributed by atoms with Crippen LogP contribution in [0.3, 0.4) is 0 Å². The summed E-state index contributed by atoms with van der Waals surface area (Å²) in [5.41, 5.74) is 28.5. The molecule has 4 saturated carbocycles. The Balaban J connectivity index is 0.000000155. The van der Waals surface area contributed by atoms with Crippen molar-refractivity contribution in [3.05, 3.63) is 252 Å². The van der Waals surface area contributed by atoms with Crippen molar-refractivity contribution in [3.8, 4) is 5.75 Å². The van der Waals surface area contributed by atoms with Crippen molar-refractivity contribution in [2.75, 3.05) is 109 Å². The van der Waals surface area contributed by atoms with Crippen molar-refractivity contribution < 1.29 is 23.9 Å². The van der Waals surface area contributed by atoms with Crippen molar-refractivity contribution in [3.63, 3.8) is 0 Å². The Hall–Kier alpha value is -11.6. The minimum Gasteiger partial charge on any atom is -0.496 e. The van der Waals surface area contributed by atoms with Gasteiger partial charge in [-0.05, 0) is 392 Å². The molecule has 4 aliphatic rings. The molecule has 4 N–H and O–H groups in total. The predicted octanol–water partition coefficient (Wildman–Crippen LogP) is 19.6. The van der Waals surface area contributed by atoms with Crippen molar-refractivity contribution in [1.82, 2.24) is 78.4 Å². The zero-order valence-electron chi connectivity index (χ0n) is 87.6. The van der Waals surface area contributed by atoms with Crippen LogP contribution >= 0.6 is 0 Å². The first-order chi connectivity index (χ1) is 66.1. The molecular formula is C113H158N20O5. The number of hydrogen-bond donors (Lipinski definition) is 4. The largest absolute Gasteiger partial charge is 0.496 e. The van der Waals surface area contributed by atoms with E-state index in [1.54, 1.807) is 25.7 Å². The van der Waals surface area contributed by atoms with E-state index in [-0.39, 0.29) is 23.6 Å². The number of aryl methyl sites for hydroxylation is 8. The summed E-state index contributed by atoms with van der Waals surface area (Å²) in [5.74, 6) is 0.585. The summed E-state index contributed by atoms with van der Waals surface area (Å²) in [6.07, 6.45) is 38.2. The standard InChI is InChI=1S/C29H41N5O2.C29H41N5O.C28H39N5O.C27H37N5O/c1-8-33(23-11-9-22(10-12-23)32(5)6)26-16-19(2)15-24(21(26)4)29(35)31-18-25-27(36-7)17-20(3)34-14-13-30-28(25)34;1-8-33(24-11-9-23(10-12-24)32(6)7)27-16-19(2)15-25(22(27)5)29(35)31-18-26-20(3)17-21(4)34-14-13-30-28(26)34;1-7-33(23-10-8-22(9-11-23)31(5)6)26-17-19(2)16-24(21(26)4)28(34)30-18-25-20(3)12-14-32-15-13-29-27(25)32;1-6-32(23-11-9-22(10-12-23)30(4)5)25-17-19(2)16-24(20(25)3)27(33)29-18-21-8-7-14-31-15-13-28-26(21)31/h13-17,22-23H,8-12,18H2,1-7H3,(H,31,35);13-17,23-24H,8-12,18H2,1-7H3,(H,31,35);12-17,22-23H,7-11,18H2,1-6H3,(H,30,34);7-8,13-17,22-23H,6,9-12,18H2,1-5H3,(H,29,33). The van der Waals surface area contributed by atoms with Crippen LogP contribution in [0.2, 0.25) is 0 Å². The summed E-state index contributed by atoms with van der Waals surface area (Å²) in [6.45, 7) is 39.4. The number of pyridine rings is 4. The molecule has 4 aromatic carbocycles. The van der Waals surface area contributed by atoms with Gasteiger partial charge >= 0.3 is 0 Å². The summed E-state index contributed by atoms with van der Waals surface area (Å²) in [7, 11) is 19.1. The number of anilines is 4. The molecule has 740 valence electrons. The average molecular weight is 1880 g/mol. The van der Waals surface area contributed by atoms with E-state index >= 15 is 0 Å². The van der Waals surface area contributed by atoms with Gasteiger partial charge in [-0.2, -0.15) is 0 Å². The monoisotopic (exact) mass is 1880 g/mol. The number of hydrogen-bond acceptors (Lipinski definition) is 17. The van der Waals surface area contributed by atoms with E-state index in [0.29, 0.717) is 74.5 Å². The van der Waals surface area contributed by atoms with Gasteiger partial charge in [-0.25, -0.2) is 19.9 Å². The molecular weight excluding hydrogens is 1720 g/mol. The van der Waals surface area contributed by atoms with E-state index in [9.17, 15) is 19.2 Å². The molecule has 0 bridgehead atoms. The summed E-state index contributed by atoms with van der Waals surface area (Å²) < 4.78 is 13.7. The maximum absolute atomic E-state index is 13.5. The Kier molecular flexibility index (Phi) is 35.2. The summed E-state index contributed by atoms with van der Waals surface area (Å²) in [5, 5.41) is 12.6. The lowest BCUT2D eigenvalue weighted by molar-refractivity contribution is 0.0942. The molecule has 0 aliphatic heterocycles. The van der Waals surface area contributed by atoms with Crippen molar-refractivity contribution in [2.24, 2.45) is 0 Å². The zero-order chi connectivity index (χ0) is 99.2. The van der Waals surface area contributed by atoms with Gasteiger partial charge in [-0.1, -0.05) is 6.07 Å². The van der Waals surface area contributed by atoms with Crippen molar-refractivity contribution in [2.45, 2.75) is 288 Å². The van der Waals surface area contributed by atoms with Crippen molar-refractivity contribution >= 4 is 69.0 Å². The van der Waals surface area contributed by atoms with Crippen LogP contribution in [0.5, 0.6) is 5.75 Å². The Labute approximate surface area is 821 Å². The molecule has 0 spiro atoms. The molecule has 12 aromatic rings. The van der Waals surface area contributed by atoms with Crippen LogP contribution in [0.15, 0.2) is 141 Å². The first kappa shape index (κ1) is 104. The Morgan fingerprint density at radius 3 is 0.957 bits per heavy atom. The summed E-state index contributed by atoms with van der Waals surface area (Å²) in [4.78, 5) is 91.0. The molecule has 0 saturated heterocycles. The van der Waals surface area contributed by atoms with Crippen LogP contribution in [-0.2, 0) is 26.2 Å². The molecule has 0 atom stereocenters. The fourth-order valence-corrected chi connectivity index (χ4v) is 22.4. The molecule has 8 aromatic heterocycles. The third kappa shape index (κ3) is 23.9. The van der Waals surface area contributed by atoms with Crippen LogP contribution in [-0.4, -0.2) is 219 Å². The molecule has 0 unspecified atom stereocenters. The maximum atomic E-state index is 13.5. The Morgan fingerprint density at radius 1 is 0.326 bits per heavy atom. The van der Waals surface area contributed by atoms with E-state index in [4.69, 9.17) is 4.74 Å². The number of methoxy groups -OCH3 is 1. The predicted molar refractivity (Wildman–Crippen MR) is 566 cm³/mol. The number of carbonyl (C=O) groups is 4. The van der Waals surface area contributed by atoms with E-state index in [0.717, 1.165) is 166 Å². The third-order valence-electron chi connectivity index (χ3n) is 30.5. The number of rotatable bonds is 29. The van der Waals surface area contributed by atoms with Crippen LogP contribution in [0.1, 0.15) is 261 Å². The van der Waals surface area contributed by atoms with Gasteiger partial charge in [-0.15, -0.1) is 0 Å². The number of benzene rings is 4. The molecule has 25 nitrogen and oxygen atoms in total. The second-order valence-electron chi connectivity index (χ2n) is 40.3. The number of imidazole rings is 4.